The van der Waals surface area contributed by atoms with Crippen molar-refractivity contribution in [1.29, 1.82) is 0 Å². The van der Waals surface area contributed by atoms with E-state index in [2.05, 4.69) is 4.72 Å². The second-order valence-corrected chi connectivity index (χ2v) is 12.2. The molecule has 2 rings (SSSR count). The van der Waals surface area contributed by atoms with Crippen LogP contribution in [0.15, 0.2) is 29.2 Å². The first-order valence-electron chi connectivity index (χ1n) is 10.1. The minimum Gasteiger partial charge on any atom is -0.341 e. The third kappa shape index (κ3) is 6.50. The molecule has 1 unspecified atom stereocenters. The molecular weight excluding hydrogens is 426 g/mol. The number of hydrogen-bond donors (Lipinski definition) is 1. The molecule has 30 heavy (non-hydrogen) atoms. The molecule has 0 bridgehead atoms. The highest BCUT2D eigenvalue weighted by Gasteiger charge is 2.34. The molecule has 1 heterocycles. The zero-order valence-corrected chi connectivity index (χ0v) is 20.0. The van der Waals surface area contributed by atoms with Crippen LogP contribution in [-0.2, 0) is 24.8 Å². The fourth-order valence-corrected chi connectivity index (χ4v) is 5.54. The van der Waals surface area contributed by atoms with Gasteiger partial charge in [-0.05, 0) is 44.2 Å². The lowest BCUT2D eigenvalue weighted by Gasteiger charge is -2.37. The Labute approximate surface area is 180 Å². The number of hydrogen-bond acceptors (Lipinski definition) is 5. The smallest absolute Gasteiger partial charge is 0.241 e. The maximum Gasteiger partial charge on any atom is 0.241 e. The molecule has 10 heteroatoms. The zero-order valence-electron chi connectivity index (χ0n) is 18.3. The van der Waals surface area contributed by atoms with E-state index in [0.717, 1.165) is 5.56 Å². The lowest BCUT2D eigenvalue weighted by molar-refractivity contribution is -0.134. The molecule has 1 amide bonds. The Balaban J connectivity index is 2.12. The summed E-state index contributed by atoms with van der Waals surface area (Å²) in [6.07, 6.45) is 2.60. The van der Waals surface area contributed by atoms with E-state index in [1.165, 1.54) is 22.7 Å². The van der Waals surface area contributed by atoms with Crippen LogP contribution < -0.4 is 4.72 Å². The van der Waals surface area contributed by atoms with Gasteiger partial charge in [0, 0.05) is 26.2 Å². The number of benzene rings is 1. The molecule has 1 aromatic carbocycles. The molecule has 1 aromatic rings. The number of aryl methyl sites for hydroxylation is 1. The van der Waals surface area contributed by atoms with Crippen LogP contribution in [0.2, 0.25) is 0 Å². The Morgan fingerprint density at radius 1 is 1.13 bits per heavy atom. The summed E-state index contributed by atoms with van der Waals surface area (Å²) in [4.78, 5) is 14.9. The van der Waals surface area contributed by atoms with Gasteiger partial charge < -0.3 is 4.90 Å². The Kier molecular flexibility index (Phi) is 8.06. The predicted octanol–water partition coefficient (Wildman–Crippen LogP) is 1.57. The van der Waals surface area contributed by atoms with Crippen LogP contribution in [0.25, 0.3) is 0 Å². The normalized spacial score (nSPS) is 17.5. The van der Waals surface area contributed by atoms with Gasteiger partial charge in [-0.15, -0.1) is 0 Å². The number of amides is 1. The third-order valence-corrected chi connectivity index (χ3v) is 8.28. The number of carbonyl (C=O) groups is 1. The Bertz CT molecular complexity index is 935. The second kappa shape index (κ2) is 9.76. The molecule has 1 aliphatic heterocycles. The average Bonchev–Trinajstić information content (AvgIpc) is 2.65. The number of nitrogens with zero attached hydrogens (tertiary/aromatic N) is 2. The monoisotopic (exact) mass is 459 g/mol. The topological polar surface area (TPSA) is 104 Å². The second-order valence-electron chi connectivity index (χ2n) is 8.45. The van der Waals surface area contributed by atoms with Gasteiger partial charge in [0.05, 0.1) is 11.2 Å². The standard InChI is InChI=1S/C20H33N3O5S2/c1-15(2)14-19(21-30(27,28)18-8-6-16(3)7-9-18)20(24)23-12-10-17(11-13-23)22(4)29(5,25)26/h6-9,15,17,19,21H,10-14H2,1-5H3. The van der Waals surface area contributed by atoms with Gasteiger partial charge in [0.2, 0.25) is 26.0 Å². The summed E-state index contributed by atoms with van der Waals surface area (Å²) in [5.41, 5.74) is 0.950. The van der Waals surface area contributed by atoms with Crippen LogP contribution in [0.4, 0.5) is 0 Å². The summed E-state index contributed by atoms with van der Waals surface area (Å²) in [5.74, 6) is -0.145. The summed E-state index contributed by atoms with van der Waals surface area (Å²) in [6, 6.07) is 5.48. The summed E-state index contributed by atoms with van der Waals surface area (Å²) in [6.45, 7) is 6.54. The van der Waals surface area contributed by atoms with Crippen LogP contribution in [-0.4, -0.2) is 70.4 Å². The molecule has 8 nitrogen and oxygen atoms in total. The van der Waals surface area contributed by atoms with E-state index in [-0.39, 0.29) is 22.8 Å². The van der Waals surface area contributed by atoms with Gasteiger partial charge in [-0.25, -0.2) is 21.1 Å². The van der Waals surface area contributed by atoms with Crippen molar-refractivity contribution in [2.24, 2.45) is 5.92 Å². The van der Waals surface area contributed by atoms with E-state index >= 15 is 0 Å². The molecule has 0 radical (unpaired) electrons. The average molecular weight is 460 g/mol. The van der Waals surface area contributed by atoms with Gasteiger partial charge >= 0.3 is 0 Å². The molecule has 0 aliphatic carbocycles. The highest BCUT2D eigenvalue weighted by molar-refractivity contribution is 7.89. The highest BCUT2D eigenvalue weighted by Crippen LogP contribution is 2.20. The van der Waals surface area contributed by atoms with Crippen LogP contribution in [0.1, 0.15) is 38.7 Å². The number of rotatable bonds is 8. The predicted molar refractivity (Wildman–Crippen MR) is 117 cm³/mol. The molecule has 1 saturated heterocycles. The van der Waals surface area contributed by atoms with E-state index in [1.807, 2.05) is 20.8 Å². The summed E-state index contributed by atoms with van der Waals surface area (Å²) < 4.78 is 53.1. The van der Waals surface area contributed by atoms with E-state index < -0.39 is 26.1 Å². The van der Waals surface area contributed by atoms with Gasteiger partial charge in [-0.1, -0.05) is 31.5 Å². The minimum atomic E-state index is -3.83. The van der Waals surface area contributed by atoms with Crippen molar-refractivity contribution >= 4 is 26.0 Å². The van der Waals surface area contributed by atoms with Gasteiger partial charge in [0.15, 0.2) is 0 Å². The first-order chi connectivity index (χ1) is 13.8. The SMILES string of the molecule is Cc1ccc(S(=O)(=O)NC(CC(C)C)C(=O)N2CCC(N(C)S(C)(=O)=O)CC2)cc1. The van der Waals surface area contributed by atoms with Crippen molar-refractivity contribution in [2.75, 3.05) is 26.4 Å². The quantitative estimate of drug-likeness (QED) is 0.636. The summed E-state index contributed by atoms with van der Waals surface area (Å²) in [5, 5.41) is 0. The molecule has 0 spiro atoms. The maximum absolute atomic E-state index is 13.1. The van der Waals surface area contributed by atoms with E-state index in [4.69, 9.17) is 0 Å². The Hall–Kier alpha value is -1.49. The molecule has 1 aliphatic rings. The highest BCUT2D eigenvalue weighted by atomic mass is 32.2. The molecule has 1 atom stereocenters. The molecular formula is C20H33N3O5S2. The summed E-state index contributed by atoms with van der Waals surface area (Å²) >= 11 is 0. The van der Waals surface area contributed by atoms with E-state index in [9.17, 15) is 21.6 Å². The fraction of sp³-hybridized carbons (Fsp3) is 0.650. The van der Waals surface area contributed by atoms with Gasteiger partial charge in [-0.3, -0.25) is 4.79 Å². The van der Waals surface area contributed by atoms with Crippen molar-refractivity contribution in [3.8, 4) is 0 Å². The molecule has 1 N–H and O–H groups in total. The van der Waals surface area contributed by atoms with Crippen LogP contribution in [0.3, 0.4) is 0 Å². The first-order valence-corrected chi connectivity index (χ1v) is 13.4. The minimum absolute atomic E-state index is 0.119. The Morgan fingerprint density at radius 2 is 1.67 bits per heavy atom. The number of likely N-dealkylation sites (tertiary alicyclic amines) is 1. The van der Waals surface area contributed by atoms with Gasteiger partial charge in [-0.2, -0.15) is 4.72 Å². The zero-order chi connectivity index (χ0) is 22.7. The molecule has 0 aromatic heterocycles. The van der Waals surface area contributed by atoms with Crippen molar-refractivity contribution in [1.82, 2.24) is 13.9 Å². The molecule has 170 valence electrons. The molecule has 0 saturated carbocycles. The maximum atomic E-state index is 13.1. The largest absolute Gasteiger partial charge is 0.341 e. The lowest BCUT2D eigenvalue weighted by atomic mass is 10.0. The number of carbonyl (C=O) groups excluding carboxylic acids is 1. The number of piperidine rings is 1. The van der Waals surface area contributed by atoms with Crippen LogP contribution >= 0.6 is 0 Å². The molecule has 1 fully saturated rings. The number of nitrogens with one attached hydrogen (secondary N) is 1. The van der Waals surface area contributed by atoms with E-state index in [0.29, 0.717) is 32.4 Å². The third-order valence-electron chi connectivity index (χ3n) is 5.45. The van der Waals surface area contributed by atoms with E-state index in [1.54, 1.807) is 24.1 Å². The van der Waals surface area contributed by atoms with Crippen molar-refractivity contribution < 1.29 is 21.6 Å². The van der Waals surface area contributed by atoms with Gasteiger partial charge in [0.1, 0.15) is 6.04 Å². The van der Waals surface area contributed by atoms with Crippen molar-refractivity contribution in [3.05, 3.63) is 29.8 Å². The van der Waals surface area contributed by atoms with Crippen molar-refractivity contribution in [3.63, 3.8) is 0 Å². The van der Waals surface area contributed by atoms with Crippen LogP contribution in [0.5, 0.6) is 0 Å². The van der Waals surface area contributed by atoms with Crippen LogP contribution in [0, 0.1) is 12.8 Å². The Morgan fingerprint density at radius 3 is 2.13 bits per heavy atom. The lowest BCUT2D eigenvalue weighted by Crippen LogP contribution is -2.53. The van der Waals surface area contributed by atoms with Crippen molar-refractivity contribution in [2.45, 2.75) is 57.0 Å². The summed E-state index contributed by atoms with van der Waals surface area (Å²) in [7, 11) is -5.58. The first kappa shape index (κ1) is 24.8. The number of sulfonamides is 2. The van der Waals surface area contributed by atoms with Gasteiger partial charge in [0.25, 0.3) is 0 Å². The fourth-order valence-electron chi connectivity index (χ4n) is 3.58.